The minimum absolute atomic E-state index is 0.00282. The highest BCUT2D eigenvalue weighted by Crippen LogP contribution is 2.28. The first kappa shape index (κ1) is 9.76. The van der Waals surface area contributed by atoms with Gasteiger partial charge in [-0.2, -0.15) is 0 Å². The highest BCUT2D eigenvalue weighted by Gasteiger charge is 2.01. The molecule has 0 aliphatic heterocycles. The van der Waals surface area contributed by atoms with Crippen molar-refractivity contribution in [1.82, 2.24) is 5.32 Å². The average Bonchev–Trinajstić information content (AvgIpc) is 1.91. The van der Waals surface area contributed by atoms with Crippen LogP contribution in [0.1, 0.15) is 0 Å². The molecule has 0 fully saturated rings. The lowest BCUT2D eigenvalue weighted by Gasteiger charge is -2.04. The van der Waals surface area contributed by atoms with E-state index in [-0.39, 0.29) is 6.04 Å². The molecule has 0 aliphatic rings. The van der Waals surface area contributed by atoms with E-state index in [4.69, 9.17) is 0 Å². The Morgan fingerprint density at radius 1 is 1.89 bits per heavy atom. The Bertz CT molecular complexity index is 83.0. The summed E-state index contributed by atoms with van der Waals surface area (Å²) in [7, 11) is 7.55. The first-order chi connectivity index (χ1) is 4.35. The second-order valence-electron chi connectivity index (χ2n) is 1.41. The molecule has 0 aliphatic carbocycles. The number of rotatable bonds is 5. The number of likely N-dealkylation sites (N-methyl/N-ethyl adjacent to an activating group) is 1. The van der Waals surface area contributed by atoms with Crippen LogP contribution in [0, 0.1) is 0 Å². The van der Waals surface area contributed by atoms with E-state index in [1.807, 2.05) is 0 Å². The third-order valence-electron chi connectivity index (χ3n) is 0.851. The summed E-state index contributed by atoms with van der Waals surface area (Å²) in [5, 5.41) is 2.88. The summed E-state index contributed by atoms with van der Waals surface area (Å²) in [5.74, 6) is 0.828. The first-order valence-corrected chi connectivity index (χ1v) is 6.25. The third kappa shape index (κ3) is 5.22. The van der Waals surface area contributed by atoms with E-state index in [1.54, 1.807) is 28.3 Å². The normalized spacial score (nSPS) is 13.1. The van der Waals surface area contributed by atoms with Crippen molar-refractivity contribution in [3.63, 3.8) is 0 Å². The lowest BCUT2D eigenvalue weighted by molar-refractivity contribution is -0.109. The van der Waals surface area contributed by atoms with Crippen LogP contribution in [0.15, 0.2) is 0 Å². The molecule has 0 aromatic carbocycles. The van der Waals surface area contributed by atoms with E-state index in [9.17, 15) is 4.79 Å². The molecule has 2 unspecified atom stereocenters. The molecule has 9 heavy (non-hydrogen) atoms. The molecule has 0 saturated carbocycles. The van der Waals surface area contributed by atoms with Gasteiger partial charge in [-0.15, -0.1) is 0 Å². The van der Waals surface area contributed by atoms with Crippen molar-refractivity contribution in [2.75, 3.05) is 12.8 Å². The van der Waals surface area contributed by atoms with Gasteiger partial charge in [0.2, 0.25) is 0 Å². The number of hydrogen-bond acceptors (Lipinski definition) is 4. The summed E-state index contributed by atoms with van der Waals surface area (Å²) in [5.41, 5.74) is 0. The maximum Gasteiger partial charge on any atom is 0.137 e. The Kier molecular flexibility index (Phi) is 7.45. The standard InChI is InChI=1S/C4H10NOPS2/c1-5-4(2-6)3-8-9-7/h2,4-5H,3,7H2,1H3. The van der Waals surface area contributed by atoms with Crippen LogP contribution in [-0.4, -0.2) is 25.1 Å². The molecule has 0 bridgehead atoms. The van der Waals surface area contributed by atoms with Crippen LogP contribution in [0.3, 0.4) is 0 Å². The summed E-state index contributed by atoms with van der Waals surface area (Å²) >= 11 is 0. The summed E-state index contributed by atoms with van der Waals surface area (Å²) < 4.78 is 0. The Morgan fingerprint density at radius 2 is 2.56 bits per heavy atom. The number of carbonyl (C=O) groups excluding carboxylic acids is 1. The zero-order valence-electron chi connectivity index (χ0n) is 5.16. The molecule has 0 aromatic heterocycles. The molecule has 0 spiro atoms. The number of carbonyl (C=O) groups is 1. The lowest BCUT2D eigenvalue weighted by atomic mass is 10.4. The van der Waals surface area contributed by atoms with Crippen LogP contribution in [0.5, 0.6) is 0 Å². The van der Waals surface area contributed by atoms with Crippen molar-refractivity contribution in [1.29, 1.82) is 0 Å². The van der Waals surface area contributed by atoms with Crippen molar-refractivity contribution < 1.29 is 4.79 Å². The smallest absolute Gasteiger partial charge is 0.137 e. The van der Waals surface area contributed by atoms with Gasteiger partial charge in [0.05, 0.1) is 6.04 Å². The van der Waals surface area contributed by atoms with E-state index in [0.29, 0.717) is 0 Å². The highest BCUT2D eigenvalue weighted by atomic mass is 33.3. The van der Waals surface area contributed by atoms with E-state index in [0.717, 1.165) is 12.0 Å². The summed E-state index contributed by atoms with van der Waals surface area (Å²) in [4.78, 5) is 10.2. The molecular weight excluding hydrogens is 173 g/mol. The Labute approximate surface area is 65.3 Å². The largest absolute Gasteiger partial charge is 0.310 e. The quantitative estimate of drug-likeness (QED) is 0.390. The maximum atomic E-state index is 10.2. The molecule has 0 heterocycles. The Hall–Kier alpha value is 0.760. The van der Waals surface area contributed by atoms with Crippen LogP contribution >= 0.6 is 29.6 Å². The summed E-state index contributed by atoms with van der Waals surface area (Å²) in [6.07, 6.45) is 0.924. The van der Waals surface area contributed by atoms with Crippen molar-refractivity contribution in [2.45, 2.75) is 6.04 Å². The van der Waals surface area contributed by atoms with Crippen molar-refractivity contribution in [2.24, 2.45) is 0 Å². The van der Waals surface area contributed by atoms with Gasteiger partial charge in [-0.05, 0) is 7.05 Å². The topological polar surface area (TPSA) is 29.1 Å². The Morgan fingerprint density at radius 3 is 2.89 bits per heavy atom. The zero-order chi connectivity index (χ0) is 7.11. The van der Waals surface area contributed by atoms with Gasteiger partial charge in [-0.25, -0.2) is 0 Å². The third-order valence-corrected chi connectivity index (χ3v) is 3.52. The average molecular weight is 183 g/mol. The van der Waals surface area contributed by atoms with Crippen molar-refractivity contribution >= 4 is 35.9 Å². The van der Waals surface area contributed by atoms with Gasteiger partial charge in [0.25, 0.3) is 0 Å². The minimum atomic E-state index is 0.00282. The molecule has 0 saturated heterocycles. The zero-order valence-corrected chi connectivity index (χ0v) is 7.95. The maximum absolute atomic E-state index is 10.2. The van der Waals surface area contributed by atoms with E-state index >= 15 is 0 Å². The van der Waals surface area contributed by atoms with Gasteiger partial charge < -0.3 is 10.1 Å². The van der Waals surface area contributed by atoms with Gasteiger partial charge >= 0.3 is 0 Å². The molecule has 0 rings (SSSR count). The van der Waals surface area contributed by atoms with E-state index in [1.165, 1.54) is 0 Å². The van der Waals surface area contributed by atoms with Gasteiger partial charge in [-0.3, -0.25) is 0 Å². The molecule has 1 N–H and O–H groups in total. The van der Waals surface area contributed by atoms with Gasteiger partial charge in [0.1, 0.15) is 6.29 Å². The van der Waals surface area contributed by atoms with Crippen LogP contribution < -0.4 is 5.32 Å². The second kappa shape index (κ2) is 6.87. The lowest BCUT2D eigenvalue weighted by Crippen LogP contribution is -2.28. The molecule has 0 aromatic rings. The molecule has 5 heteroatoms. The fourth-order valence-electron chi connectivity index (χ4n) is 0.303. The predicted octanol–water partition coefficient (Wildman–Crippen LogP) is 0.945. The van der Waals surface area contributed by atoms with Crippen LogP contribution in [-0.2, 0) is 4.79 Å². The summed E-state index contributed by atoms with van der Waals surface area (Å²) in [6.45, 7) is 0. The monoisotopic (exact) mass is 183 g/mol. The number of nitrogens with one attached hydrogen (secondary N) is 1. The highest BCUT2D eigenvalue weighted by molar-refractivity contribution is 8.94. The molecule has 0 radical (unpaired) electrons. The van der Waals surface area contributed by atoms with Crippen LogP contribution in [0.4, 0.5) is 0 Å². The minimum Gasteiger partial charge on any atom is -0.310 e. The second-order valence-corrected chi connectivity index (χ2v) is 5.19. The number of aldehydes is 1. The van der Waals surface area contributed by atoms with Gasteiger partial charge in [0, 0.05) is 5.75 Å². The molecule has 2 nitrogen and oxygen atoms in total. The van der Waals surface area contributed by atoms with Gasteiger partial charge in [-0.1, -0.05) is 29.6 Å². The van der Waals surface area contributed by atoms with E-state index < -0.39 is 0 Å². The number of hydrogen-bond donors (Lipinski definition) is 1. The fraction of sp³-hybridized carbons (Fsp3) is 0.750. The van der Waals surface area contributed by atoms with Gasteiger partial charge in [0.15, 0.2) is 0 Å². The molecule has 2 atom stereocenters. The van der Waals surface area contributed by atoms with Crippen LogP contribution in [0.25, 0.3) is 0 Å². The molecule has 0 amide bonds. The summed E-state index contributed by atoms with van der Waals surface area (Å²) in [6, 6.07) is 0.00282. The van der Waals surface area contributed by atoms with Crippen LogP contribution in [0.2, 0.25) is 0 Å². The molecular formula is C4H10NOPS2. The van der Waals surface area contributed by atoms with Crippen molar-refractivity contribution in [3.05, 3.63) is 0 Å². The Balaban J connectivity index is 3.20. The van der Waals surface area contributed by atoms with E-state index in [2.05, 4.69) is 13.8 Å². The fourth-order valence-corrected chi connectivity index (χ4v) is 2.16. The first-order valence-electron chi connectivity index (χ1n) is 2.46. The van der Waals surface area contributed by atoms with Crippen molar-refractivity contribution in [3.8, 4) is 0 Å². The molecule has 54 valence electrons. The predicted molar refractivity (Wildman–Crippen MR) is 48.7 cm³/mol. The SMILES string of the molecule is CNC(C=O)CSSP.